The topological polar surface area (TPSA) is 83.8 Å². The maximum Gasteiger partial charge on any atom is 0.333 e. The fourth-order valence-electron chi connectivity index (χ4n) is 0.737. The van der Waals surface area contributed by atoms with E-state index in [1.807, 2.05) is 21.1 Å². The van der Waals surface area contributed by atoms with Gasteiger partial charge in [-0.05, 0) is 0 Å². The molecule has 0 aromatic carbocycles. The van der Waals surface area contributed by atoms with Crippen molar-refractivity contribution in [2.75, 3.05) is 34.3 Å². The second-order valence-electron chi connectivity index (χ2n) is 4.29. The molecule has 15 heavy (non-hydrogen) atoms. The molecule has 0 fully saturated rings. The molecule has 1 unspecified atom stereocenters. The third-order valence-electron chi connectivity index (χ3n) is 1.67. The van der Waals surface area contributed by atoms with E-state index in [1.165, 1.54) is 0 Å². The molecule has 0 aliphatic rings. The SMILES string of the molecule is C[N+](C)(C)CCOC(=O)CC(O)C(=O)O. The largest absolute Gasteiger partial charge is 0.479 e. The maximum atomic E-state index is 11.0. The highest BCUT2D eigenvalue weighted by atomic mass is 16.5. The van der Waals surface area contributed by atoms with Crippen LogP contribution in [0.25, 0.3) is 0 Å². The van der Waals surface area contributed by atoms with Gasteiger partial charge in [0.05, 0.1) is 27.6 Å². The molecule has 0 rings (SSSR count). The summed E-state index contributed by atoms with van der Waals surface area (Å²) >= 11 is 0. The number of carbonyl (C=O) groups excluding carboxylic acids is 1. The number of aliphatic hydroxyl groups is 1. The number of ether oxygens (including phenoxy) is 1. The van der Waals surface area contributed by atoms with Gasteiger partial charge in [0.15, 0.2) is 6.10 Å². The number of carboxylic acids is 1. The van der Waals surface area contributed by atoms with Crippen LogP contribution in [0.2, 0.25) is 0 Å². The van der Waals surface area contributed by atoms with Crippen LogP contribution in [0.4, 0.5) is 0 Å². The Morgan fingerprint density at radius 3 is 2.27 bits per heavy atom. The number of quaternary nitrogens is 1. The monoisotopic (exact) mass is 220 g/mol. The summed E-state index contributed by atoms with van der Waals surface area (Å²) in [5.41, 5.74) is 0. The van der Waals surface area contributed by atoms with Crippen molar-refractivity contribution in [3.05, 3.63) is 0 Å². The Bertz CT molecular complexity index is 233. The van der Waals surface area contributed by atoms with Gasteiger partial charge in [-0.3, -0.25) is 4.79 Å². The van der Waals surface area contributed by atoms with Crippen LogP contribution in [0.15, 0.2) is 0 Å². The molecule has 1 atom stereocenters. The summed E-state index contributed by atoms with van der Waals surface area (Å²) in [4.78, 5) is 21.2. The van der Waals surface area contributed by atoms with E-state index >= 15 is 0 Å². The third-order valence-corrected chi connectivity index (χ3v) is 1.67. The van der Waals surface area contributed by atoms with Gasteiger partial charge >= 0.3 is 11.9 Å². The Morgan fingerprint density at radius 2 is 1.87 bits per heavy atom. The Balaban J connectivity index is 3.72. The van der Waals surface area contributed by atoms with Crippen LogP contribution in [-0.4, -0.2) is 67.0 Å². The van der Waals surface area contributed by atoms with E-state index in [-0.39, 0.29) is 6.61 Å². The summed E-state index contributed by atoms with van der Waals surface area (Å²) in [5, 5.41) is 17.2. The number of hydrogen-bond donors (Lipinski definition) is 2. The van der Waals surface area contributed by atoms with Gasteiger partial charge in [-0.1, -0.05) is 0 Å². The number of esters is 1. The van der Waals surface area contributed by atoms with Crippen LogP contribution in [0.1, 0.15) is 6.42 Å². The zero-order chi connectivity index (χ0) is 12.1. The van der Waals surface area contributed by atoms with Crippen LogP contribution < -0.4 is 0 Å². The second-order valence-corrected chi connectivity index (χ2v) is 4.29. The first-order valence-electron chi connectivity index (χ1n) is 4.59. The summed E-state index contributed by atoms with van der Waals surface area (Å²) in [6.45, 7) is 0.851. The summed E-state index contributed by atoms with van der Waals surface area (Å²) in [6.07, 6.45) is -2.19. The van der Waals surface area contributed by atoms with Crippen LogP contribution in [0.3, 0.4) is 0 Å². The van der Waals surface area contributed by atoms with Gasteiger partial charge in [0, 0.05) is 0 Å². The Kier molecular flexibility index (Phi) is 5.24. The minimum atomic E-state index is -1.68. The summed E-state index contributed by atoms with van der Waals surface area (Å²) < 4.78 is 5.41. The molecule has 0 aliphatic heterocycles. The van der Waals surface area contributed by atoms with Crippen molar-refractivity contribution in [3.8, 4) is 0 Å². The van der Waals surface area contributed by atoms with Crippen molar-refractivity contribution in [3.63, 3.8) is 0 Å². The Labute approximate surface area is 88.7 Å². The van der Waals surface area contributed by atoms with Crippen molar-refractivity contribution in [2.45, 2.75) is 12.5 Å². The summed E-state index contributed by atoms with van der Waals surface area (Å²) in [6, 6.07) is 0. The van der Waals surface area contributed by atoms with Crippen LogP contribution >= 0.6 is 0 Å². The van der Waals surface area contributed by atoms with Crippen LogP contribution in [-0.2, 0) is 14.3 Å². The third kappa shape index (κ3) is 7.90. The highest BCUT2D eigenvalue weighted by Gasteiger charge is 2.19. The zero-order valence-corrected chi connectivity index (χ0v) is 9.27. The lowest BCUT2D eigenvalue weighted by atomic mass is 10.2. The van der Waals surface area contributed by atoms with Crippen LogP contribution in [0.5, 0.6) is 0 Å². The number of likely N-dealkylation sites (N-methyl/N-ethyl adjacent to an activating group) is 1. The van der Waals surface area contributed by atoms with Crippen LogP contribution in [0, 0.1) is 0 Å². The average molecular weight is 220 g/mol. The highest BCUT2D eigenvalue weighted by molar-refractivity contribution is 5.80. The zero-order valence-electron chi connectivity index (χ0n) is 9.27. The molecule has 2 N–H and O–H groups in total. The highest BCUT2D eigenvalue weighted by Crippen LogP contribution is 1.96. The molecule has 0 amide bonds. The molecule has 0 spiro atoms. The molecule has 0 aliphatic carbocycles. The first-order chi connectivity index (χ1) is 6.72. The van der Waals surface area contributed by atoms with Gasteiger partial charge < -0.3 is 19.4 Å². The molecule has 6 nitrogen and oxygen atoms in total. The number of carboxylic acid groups (broad SMARTS) is 1. The Morgan fingerprint density at radius 1 is 1.33 bits per heavy atom. The first kappa shape index (κ1) is 13.9. The predicted molar refractivity (Wildman–Crippen MR) is 52.1 cm³/mol. The smallest absolute Gasteiger partial charge is 0.333 e. The molecule has 0 radical (unpaired) electrons. The molecule has 0 saturated carbocycles. The van der Waals surface area contributed by atoms with Gasteiger partial charge in [0.1, 0.15) is 13.2 Å². The lowest BCUT2D eigenvalue weighted by Crippen LogP contribution is -2.38. The molecule has 88 valence electrons. The van der Waals surface area contributed by atoms with E-state index in [1.54, 1.807) is 0 Å². The van der Waals surface area contributed by atoms with Crippen molar-refractivity contribution in [2.24, 2.45) is 0 Å². The molecule has 0 heterocycles. The molecular formula is C9H18NO5+. The number of rotatable bonds is 6. The molecular weight excluding hydrogens is 202 g/mol. The van der Waals surface area contributed by atoms with E-state index < -0.39 is 24.5 Å². The van der Waals surface area contributed by atoms with Gasteiger partial charge in [0.25, 0.3) is 0 Å². The summed E-state index contributed by atoms with van der Waals surface area (Å²) in [5.74, 6) is -2.11. The summed E-state index contributed by atoms with van der Waals surface area (Å²) in [7, 11) is 5.83. The molecule has 0 saturated heterocycles. The first-order valence-corrected chi connectivity index (χ1v) is 4.59. The molecule has 6 heteroatoms. The van der Waals surface area contributed by atoms with Gasteiger partial charge in [0.2, 0.25) is 0 Å². The number of aliphatic carboxylic acids is 1. The standard InChI is InChI=1S/C9H17NO5/c1-10(2,3)4-5-15-8(12)6-7(11)9(13)14/h7,11H,4-6H2,1-3H3/p+1. The van der Waals surface area contributed by atoms with Crippen molar-refractivity contribution in [1.29, 1.82) is 0 Å². The van der Waals surface area contributed by atoms with E-state index in [0.717, 1.165) is 0 Å². The van der Waals surface area contributed by atoms with E-state index in [2.05, 4.69) is 0 Å². The average Bonchev–Trinajstić information content (AvgIpc) is 2.01. The minimum Gasteiger partial charge on any atom is -0.479 e. The normalized spacial score (nSPS) is 13.3. The molecule has 0 aromatic rings. The lowest BCUT2D eigenvalue weighted by molar-refractivity contribution is -0.870. The van der Waals surface area contributed by atoms with E-state index in [0.29, 0.717) is 11.0 Å². The molecule has 0 bridgehead atoms. The Hall–Kier alpha value is -1.14. The van der Waals surface area contributed by atoms with Crippen molar-refractivity contribution in [1.82, 2.24) is 0 Å². The number of aliphatic hydroxyl groups excluding tert-OH is 1. The van der Waals surface area contributed by atoms with Crippen molar-refractivity contribution >= 4 is 11.9 Å². The van der Waals surface area contributed by atoms with Crippen molar-refractivity contribution < 1.29 is 29.0 Å². The lowest BCUT2D eigenvalue weighted by Gasteiger charge is -2.23. The fourth-order valence-corrected chi connectivity index (χ4v) is 0.737. The molecule has 0 aromatic heterocycles. The maximum absolute atomic E-state index is 11.0. The quantitative estimate of drug-likeness (QED) is 0.446. The van der Waals surface area contributed by atoms with Gasteiger partial charge in [-0.25, -0.2) is 4.79 Å². The number of nitrogens with zero attached hydrogens (tertiary/aromatic N) is 1. The van der Waals surface area contributed by atoms with Gasteiger partial charge in [-0.2, -0.15) is 0 Å². The predicted octanol–water partition coefficient (Wildman–Crippen LogP) is -0.929. The fraction of sp³-hybridized carbons (Fsp3) is 0.778. The number of hydrogen-bond acceptors (Lipinski definition) is 4. The second kappa shape index (κ2) is 5.67. The number of carbonyl (C=O) groups is 2. The van der Waals surface area contributed by atoms with E-state index in [4.69, 9.17) is 14.9 Å². The minimum absolute atomic E-state index is 0.217. The van der Waals surface area contributed by atoms with Gasteiger partial charge in [-0.15, -0.1) is 0 Å². The van der Waals surface area contributed by atoms with E-state index in [9.17, 15) is 9.59 Å².